The standard InChI is InChI=1S/C21H35N5O4/c1-14(24)20(28)26-18(7-3-5-13-23)21(29)30-16-10-8-15(9-11-16)19(27)17(25)6-2-4-12-22/h8-11,14,17-18H,2-7,12-13,22-25H2,1H3,(H,26,28)/t14-,17-,18-/m0/s1. The molecule has 9 heteroatoms. The van der Waals surface area contributed by atoms with Gasteiger partial charge in [0.25, 0.3) is 0 Å². The van der Waals surface area contributed by atoms with Gasteiger partial charge in [-0.25, -0.2) is 4.79 Å². The van der Waals surface area contributed by atoms with E-state index >= 15 is 0 Å². The number of hydrogen-bond donors (Lipinski definition) is 5. The zero-order chi connectivity index (χ0) is 22.5. The Bertz CT molecular complexity index is 678. The lowest BCUT2D eigenvalue weighted by Crippen LogP contribution is -2.48. The summed E-state index contributed by atoms with van der Waals surface area (Å²) in [6, 6.07) is 4.03. The molecule has 0 saturated heterocycles. The molecule has 9 nitrogen and oxygen atoms in total. The van der Waals surface area contributed by atoms with E-state index in [0.717, 1.165) is 19.3 Å². The molecule has 1 amide bonds. The SMILES string of the molecule is C[C@H](N)C(=O)N[C@@H](CCCCN)C(=O)Oc1ccc(C(=O)[C@@H](N)CCCCN)cc1. The van der Waals surface area contributed by atoms with Gasteiger partial charge in [0, 0.05) is 5.56 Å². The quantitative estimate of drug-likeness (QED) is 0.122. The summed E-state index contributed by atoms with van der Waals surface area (Å²) in [7, 11) is 0. The second-order valence-electron chi connectivity index (χ2n) is 7.33. The fourth-order valence-corrected chi connectivity index (χ4v) is 2.77. The fourth-order valence-electron chi connectivity index (χ4n) is 2.77. The number of ketones is 1. The number of benzene rings is 1. The summed E-state index contributed by atoms with van der Waals surface area (Å²) in [6.07, 6.45) is 3.95. The number of nitrogens with two attached hydrogens (primary N) is 4. The number of ether oxygens (including phenoxy) is 1. The van der Waals surface area contributed by atoms with Crippen LogP contribution in [0.15, 0.2) is 24.3 Å². The van der Waals surface area contributed by atoms with Crippen molar-refractivity contribution in [3.05, 3.63) is 29.8 Å². The molecule has 1 rings (SSSR count). The number of carbonyl (C=O) groups is 3. The van der Waals surface area contributed by atoms with Gasteiger partial charge < -0.3 is 33.0 Å². The average molecular weight is 422 g/mol. The van der Waals surface area contributed by atoms with Crippen molar-refractivity contribution < 1.29 is 19.1 Å². The normalized spacial score (nSPS) is 13.9. The van der Waals surface area contributed by atoms with Crippen molar-refractivity contribution in [2.75, 3.05) is 13.1 Å². The zero-order valence-electron chi connectivity index (χ0n) is 17.6. The van der Waals surface area contributed by atoms with Gasteiger partial charge in [0.05, 0.1) is 12.1 Å². The highest BCUT2D eigenvalue weighted by Crippen LogP contribution is 2.16. The first kappa shape index (κ1) is 25.7. The lowest BCUT2D eigenvalue weighted by molar-refractivity contribution is -0.139. The van der Waals surface area contributed by atoms with Crippen LogP contribution in [0.2, 0.25) is 0 Å². The van der Waals surface area contributed by atoms with Crippen LogP contribution in [-0.2, 0) is 9.59 Å². The van der Waals surface area contributed by atoms with Gasteiger partial charge in [-0.1, -0.05) is 6.42 Å². The van der Waals surface area contributed by atoms with Crippen molar-refractivity contribution in [2.45, 2.75) is 63.6 Å². The Labute approximate surface area is 177 Å². The number of Topliss-reactive ketones (excluding diaryl/α,β-unsaturated/α-hetero) is 1. The van der Waals surface area contributed by atoms with Gasteiger partial charge in [-0.3, -0.25) is 9.59 Å². The van der Waals surface area contributed by atoms with E-state index in [4.69, 9.17) is 27.7 Å². The molecule has 1 aromatic carbocycles. The maximum atomic E-state index is 12.5. The van der Waals surface area contributed by atoms with Gasteiger partial charge in [0.15, 0.2) is 5.78 Å². The van der Waals surface area contributed by atoms with E-state index in [2.05, 4.69) is 5.32 Å². The summed E-state index contributed by atoms with van der Waals surface area (Å²) in [5.41, 5.74) is 22.9. The Hall–Kier alpha value is -2.33. The molecule has 0 aromatic heterocycles. The van der Waals surface area contributed by atoms with Crippen LogP contribution in [0.25, 0.3) is 0 Å². The number of hydrogen-bond acceptors (Lipinski definition) is 8. The summed E-state index contributed by atoms with van der Waals surface area (Å²) in [5, 5.41) is 2.61. The van der Waals surface area contributed by atoms with Gasteiger partial charge in [-0.15, -0.1) is 0 Å². The maximum Gasteiger partial charge on any atom is 0.334 e. The molecule has 0 unspecified atom stereocenters. The molecule has 1 aromatic rings. The topological polar surface area (TPSA) is 177 Å². The van der Waals surface area contributed by atoms with E-state index in [0.29, 0.717) is 37.9 Å². The second kappa shape index (κ2) is 13.8. The molecule has 168 valence electrons. The third kappa shape index (κ3) is 9.00. The van der Waals surface area contributed by atoms with E-state index in [-0.39, 0.29) is 11.5 Å². The highest BCUT2D eigenvalue weighted by Gasteiger charge is 2.24. The first-order valence-corrected chi connectivity index (χ1v) is 10.4. The minimum absolute atomic E-state index is 0.172. The van der Waals surface area contributed by atoms with Crippen LogP contribution in [0.1, 0.15) is 55.8 Å². The van der Waals surface area contributed by atoms with Crippen LogP contribution in [0.4, 0.5) is 0 Å². The van der Waals surface area contributed by atoms with E-state index < -0.39 is 30.0 Å². The van der Waals surface area contributed by atoms with Crippen LogP contribution >= 0.6 is 0 Å². The molecular formula is C21H35N5O4. The summed E-state index contributed by atoms with van der Waals surface area (Å²) >= 11 is 0. The molecule has 9 N–H and O–H groups in total. The van der Waals surface area contributed by atoms with Gasteiger partial charge >= 0.3 is 5.97 Å². The Morgan fingerprint density at radius 1 is 0.933 bits per heavy atom. The summed E-state index contributed by atoms with van der Waals surface area (Å²) in [4.78, 5) is 36.8. The second-order valence-corrected chi connectivity index (χ2v) is 7.33. The Morgan fingerprint density at radius 3 is 2.03 bits per heavy atom. The third-order valence-electron chi connectivity index (χ3n) is 4.62. The molecule has 0 fully saturated rings. The zero-order valence-corrected chi connectivity index (χ0v) is 17.6. The van der Waals surface area contributed by atoms with E-state index in [1.54, 1.807) is 12.1 Å². The summed E-state index contributed by atoms with van der Waals surface area (Å²) in [6.45, 7) is 2.60. The third-order valence-corrected chi connectivity index (χ3v) is 4.62. The molecule has 3 atom stereocenters. The van der Waals surface area contributed by atoms with Crippen molar-refractivity contribution in [3.63, 3.8) is 0 Å². The Morgan fingerprint density at radius 2 is 1.50 bits per heavy atom. The Kier molecular flexibility index (Phi) is 11.8. The molecule has 0 spiro atoms. The fraction of sp³-hybridized carbons (Fsp3) is 0.571. The van der Waals surface area contributed by atoms with Gasteiger partial charge in [0.1, 0.15) is 11.8 Å². The first-order chi connectivity index (χ1) is 14.3. The number of unbranched alkanes of at least 4 members (excludes halogenated alkanes) is 2. The monoisotopic (exact) mass is 421 g/mol. The number of carbonyl (C=O) groups excluding carboxylic acids is 3. The predicted octanol–water partition coefficient (Wildman–Crippen LogP) is 0.192. The molecule has 0 aliphatic rings. The van der Waals surface area contributed by atoms with Crippen LogP contribution in [0.3, 0.4) is 0 Å². The number of amides is 1. The summed E-state index contributed by atoms with van der Waals surface area (Å²) < 4.78 is 5.38. The van der Waals surface area contributed by atoms with E-state index in [1.807, 2.05) is 0 Å². The minimum atomic E-state index is -0.827. The van der Waals surface area contributed by atoms with Crippen LogP contribution in [0, 0.1) is 0 Å². The van der Waals surface area contributed by atoms with Crippen molar-refractivity contribution in [1.82, 2.24) is 5.32 Å². The highest BCUT2D eigenvalue weighted by atomic mass is 16.5. The first-order valence-electron chi connectivity index (χ1n) is 10.4. The van der Waals surface area contributed by atoms with Crippen molar-refractivity contribution in [1.29, 1.82) is 0 Å². The van der Waals surface area contributed by atoms with Gasteiger partial charge in [-0.2, -0.15) is 0 Å². The maximum absolute atomic E-state index is 12.5. The molecular weight excluding hydrogens is 386 g/mol. The van der Waals surface area contributed by atoms with Crippen molar-refractivity contribution in [3.8, 4) is 5.75 Å². The smallest absolute Gasteiger partial charge is 0.334 e. The average Bonchev–Trinajstić information content (AvgIpc) is 2.73. The molecule has 0 heterocycles. The largest absolute Gasteiger partial charge is 0.425 e. The van der Waals surface area contributed by atoms with Crippen LogP contribution in [-0.4, -0.2) is 48.9 Å². The molecule has 30 heavy (non-hydrogen) atoms. The molecule has 0 aliphatic carbocycles. The lowest BCUT2D eigenvalue weighted by Gasteiger charge is -2.19. The van der Waals surface area contributed by atoms with Gasteiger partial charge in [-0.05, 0) is 76.4 Å². The molecule has 0 aliphatic heterocycles. The highest BCUT2D eigenvalue weighted by molar-refractivity contribution is 6.00. The number of rotatable bonds is 14. The number of esters is 1. The van der Waals surface area contributed by atoms with Crippen LogP contribution < -0.4 is 33.0 Å². The van der Waals surface area contributed by atoms with Crippen LogP contribution in [0.5, 0.6) is 5.75 Å². The van der Waals surface area contributed by atoms with E-state index in [1.165, 1.54) is 19.1 Å². The molecule has 0 radical (unpaired) electrons. The van der Waals surface area contributed by atoms with Crippen molar-refractivity contribution in [2.24, 2.45) is 22.9 Å². The van der Waals surface area contributed by atoms with Gasteiger partial charge in [0.2, 0.25) is 5.91 Å². The minimum Gasteiger partial charge on any atom is -0.425 e. The predicted molar refractivity (Wildman–Crippen MR) is 116 cm³/mol. The Balaban J connectivity index is 2.72. The molecule has 0 saturated carbocycles. The number of nitrogens with one attached hydrogen (secondary N) is 1. The summed E-state index contributed by atoms with van der Waals surface area (Å²) in [5.74, 6) is -0.936. The lowest BCUT2D eigenvalue weighted by atomic mass is 10.00. The van der Waals surface area contributed by atoms with E-state index in [9.17, 15) is 14.4 Å². The van der Waals surface area contributed by atoms with Crippen molar-refractivity contribution >= 4 is 17.7 Å². The molecule has 0 bridgehead atoms.